The van der Waals surface area contributed by atoms with Crippen LogP contribution in [0.1, 0.15) is 47.0 Å². The predicted octanol–water partition coefficient (Wildman–Crippen LogP) is 2.49. The van der Waals surface area contributed by atoms with E-state index in [4.69, 9.17) is 0 Å². The fourth-order valence-corrected chi connectivity index (χ4v) is 2.67. The van der Waals surface area contributed by atoms with E-state index in [1.807, 2.05) is 0 Å². The third-order valence-corrected chi connectivity index (χ3v) is 3.43. The summed E-state index contributed by atoms with van der Waals surface area (Å²) in [4.78, 5) is 2.61. The van der Waals surface area contributed by atoms with Crippen molar-refractivity contribution in [3.8, 4) is 0 Å². The standard InChI is InChI=1S/C13H28N2/c1-5-15-8-6-7-13(15)10-14-12(4)9-11(2)3/h11-14H,5-10H2,1-4H3/t12-,13+/m1/s1. The van der Waals surface area contributed by atoms with Crippen molar-refractivity contribution in [2.24, 2.45) is 5.92 Å². The van der Waals surface area contributed by atoms with Crippen molar-refractivity contribution in [3.63, 3.8) is 0 Å². The molecule has 0 aliphatic carbocycles. The molecule has 0 spiro atoms. The molecular formula is C13H28N2. The Morgan fingerprint density at radius 2 is 2.07 bits per heavy atom. The van der Waals surface area contributed by atoms with E-state index >= 15 is 0 Å². The molecule has 1 fully saturated rings. The van der Waals surface area contributed by atoms with Gasteiger partial charge in [-0.2, -0.15) is 0 Å². The van der Waals surface area contributed by atoms with Gasteiger partial charge in [-0.1, -0.05) is 20.8 Å². The van der Waals surface area contributed by atoms with Crippen LogP contribution >= 0.6 is 0 Å². The average molecular weight is 212 g/mol. The van der Waals surface area contributed by atoms with Gasteiger partial charge in [0.1, 0.15) is 0 Å². The number of hydrogen-bond donors (Lipinski definition) is 1. The zero-order valence-electron chi connectivity index (χ0n) is 10.9. The summed E-state index contributed by atoms with van der Waals surface area (Å²) in [5.74, 6) is 0.804. The minimum absolute atomic E-state index is 0.671. The van der Waals surface area contributed by atoms with E-state index in [-0.39, 0.29) is 0 Å². The summed E-state index contributed by atoms with van der Waals surface area (Å²) in [6.07, 6.45) is 4.06. The normalized spacial score (nSPS) is 25.0. The third-order valence-electron chi connectivity index (χ3n) is 3.43. The monoisotopic (exact) mass is 212 g/mol. The van der Waals surface area contributed by atoms with E-state index in [0.717, 1.165) is 12.0 Å². The van der Waals surface area contributed by atoms with Crippen LogP contribution in [-0.4, -0.2) is 36.6 Å². The molecule has 1 heterocycles. The van der Waals surface area contributed by atoms with Crippen LogP contribution in [0.5, 0.6) is 0 Å². The minimum atomic E-state index is 0.671. The van der Waals surface area contributed by atoms with Gasteiger partial charge in [0.2, 0.25) is 0 Å². The lowest BCUT2D eigenvalue weighted by Crippen LogP contribution is -2.41. The SMILES string of the molecule is CCN1CCC[C@H]1CN[C@H](C)CC(C)C. The predicted molar refractivity (Wildman–Crippen MR) is 67.2 cm³/mol. The van der Waals surface area contributed by atoms with Gasteiger partial charge in [-0.3, -0.25) is 4.90 Å². The van der Waals surface area contributed by atoms with Crippen molar-refractivity contribution >= 4 is 0 Å². The molecule has 0 aromatic rings. The third kappa shape index (κ3) is 4.52. The van der Waals surface area contributed by atoms with Gasteiger partial charge < -0.3 is 5.32 Å². The molecule has 15 heavy (non-hydrogen) atoms. The average Bonchev–Trinajstić information content (AvgIpc) is 2.60. The van der Waals surface area contributed by atoms with Crippen molar-refractivity contribution in [2.45, 2.75) is 59.0 Å². The fourth-order valence-electron chi connectivity index (χ4n) is 2.67. The molecule has 1 saturated heterocycles. The summed E-state index contributed by atoms with van der Waals surface area (Å²) >= 11 is 0. The van der Waals surface area contributed by atoms with Gasteiger partial charge in [0.05, 0.1) is 0 Å². The van der Waals surface area contributed by atoms with Crippen LogP contribution in [0.15, 0.2) is 0 Å². The minimum Gasteiger partial charge on any atom is -0.313 e. The van der Waals surface area contributed by atoms with Crippen LogP contribution in [0.25, 0.3) is 0 Å². The van der Waals surface area contributed by atoms with Crippen LogP contribution in [0.3, 0.4) is 0 Å². The molecule has 2 nitrogen and oxygen atoms in total. The fraction of sp³-hybridized carbons (Fsp3) is 1.00. The molecule has 0 radical (unpaired) electrons. The lowest BCUT2D eigenvalue weighted by Gasteiger charge is -2.25. The number of rotatable bonds is 6. The van der Waals surface area contributed by atoms with Crippen molar-refractivity contribution in [1.29, 1.82) is 0 Å². The lowest BCUT2D eigenvalue weighted by atomic mass is 10.0. The molecule has 2 heteroatoms. The number of likely N-dealkylation sites (tertiary alicyclic amines) is 1. The van der Waals surface area contributed by atoms with Crippen molar-refractivity contribution in [2.75, 3.05) is 19.6 Å². The zero-order chi connectivity index (χ0) is 11.3. The summed E-state index contributed by atoms with van der Waals surface area (Å²) in [5.41, 5.74) is 0. The highest BCUT2D eigenvalue weighted by Crippen LogP contribution is 2.16. The Labute approximate surface area is 95.4 Å². The molecule has 0 unspecified atom stereocenters. The Kier molecular flexibility index (Phi) is 5.62. The Morgan fingerprint density at radius 3 is 2.67 bits per heavy atom. The maximum Gasteiger partial charge on any atom is 0.0221 e. The van der Waals surface area contributed by atoms with Gasteiger partial charge >= 0.3 is 0 Å². The van der Waals surface area contributed by atoms with Gasteiger partial charge in [0.25, 0.3) is 0 Å². The molecule has 0 aromatic carbocycles. The summed E-state index contributed by atoms with van der Waals surface area (Å²) in [6, 6.07) is 1.47. The Hall–Kier alpha value is -0.0800. The number of nitrogens with zero attached hydrogens (tertiary/aromatic N) is 1. The van der Waals surface area contributed by atoms with Crippen LogP contribution in [0, 0.1) is 5.92 Å². The van der Waals surface area contributed by atoms with E-state index in [0.29, 0.717) is 6.04 Å². The van der Waals surface area contributed by atoms with Crippen molar-refractivity contribution in [1.82, 2.24) is 10.2 Å². The lowest BCUT2D eigenvalue weighted by molar-refractivity contribution is 0.251. The maximum absolute atomic E-state index is 3.68. The number of nitrogens with one attached hydrogen (secondary N) is 1. The zero-order valence-corrected chi connectivity index (χ0v) is 10.9. The summed E-state index contributed by atoms with van der Waals surface area (Å²) in [6.45, 7) is 12.9. The van der Waals surface area contributed by atoms with E-state index in [1.54, 1.807) is 0 Å². The van der Waals surface area contributed by atoms with Crippen LogP contribution < -0.4 is 5.32 Å². The van der Waals surface area contributed by atoms with E-state index in [2.05, 4.69) is 37.9 Å². The first-order valence-corrected chi connectivity index (χ1v) is 6.61. The first-order chi connectivity index (χ1) is 7.13. The van der Waals surface area contributed by atoms with Gasteiger partial charge in [-0.15, -0.1) is 0 Å². The van der Waals surface area contributed by atoms with E-state index in [1.165, 1.54) is 38.9 Å². The van der Waals surface area contributed by atoms with E-state index in [9.17, 15) is 0 Å². The highest BCUT2D eigenvalue weighted by molar-refractivity contribution is 4.81. The second kappa shape index (κ2) is 6.49. The quantitative estimate of drug-likeness (QED) is 0.728. The topological polar surface area (TPSA) is 15.3 Å². The first-order valence-electron chi connectivity index (χ1n) is 6.61. The van der Waals surface area contributed by atoms with Gasteiger partial charge in [0, 0.05) is 18.6 Å². The molecule has 0 bridgehead atoms. The summed E-state index contributed by atoms with van der Waals surface area (Å²) in [7, 11) is 0. The summed E-state index contributed by atoms with van der Waals surface area (Å²) < 4.78 is 0. The molecule has 1 aliphatic heterocycles. The molecule has 1 rings (SSSR count). The Balaban J connectivity index is 2.18. The van der Waals surface area contributed by atoms with Gasteiger partial charge in [0.15, 0.2) is 0 Å². The van der Waals surface area contributed by atoms with Crippen molar-refractivity contribution in [3.05, 3.63) is 0 Å². The van der Waals surface area contributed by atoms with Gasteiger partial charge in [-0.05, 0) is 45.2 Å². The Bertz CT molecular complexity index is 168. The summed E-state index contributed by atoms with van der Waals surface area (Å²) in [5, 5.41) is 3.68. The first kappa shape index (κ1) is 13.0. The molecule has 0 amide bonds. The number of hydrogen-bond acceptors (Lipinski definition) is 2. The number of likely N-dealkylation sites (N-methyl/N-ethyl adjacent to an activating group) is 1. The van der Waals surface area contributed by atoms with Crippen molar-refractivity contribution < 1.29 is 0 Å². The van der Waals surface area contributed by atoms with Crippen LogP contribution in [0.2, 0.25) is 0 Å². The van der Waals surface area contributed by atoms with Gasteiger partial charge in [-0.25, -0.2) is 0 Å². The largest absolute Gasteiger partial charge is 0.313 e. The molecule has 1 aliphatic rings. The highest BCUT2D eigenvalue weighted by atomic mass is 15.2. The maximum atomic E-state index is 3.68. The van der Waals surface area contributed by atoms with Crippen LogP contribution in [-0.2, 0) is 0 Å². The molecule has 90 valence electrons. The molecule has 0 saturated carbocycles. The molecule has 2 atom stereocenters. The second-order valence-corrected chi connectivity index (χ2v) is 5.36. The van der Waals surface area contributed by atoms with Crippen LogP contribution in [0.4, 0.5) is 0 Å². The molecule has 1 N–H and O–H groups in total. The molecule has 0 aromatic heterocycles. The highest BCUT2D eigenvalue weighted by Gasteiger charge is 2.22. The smallest absolute Gasteiger partial charge is 0.0221 e. The van der Waals surface area contributed by atoms with E-state index < -0.39 is 0 Å². The second-order valence-electron chi connectivity index (χ2n) is 5.36. The Morgan fingerprint density at radius 1 is 1.33 bits per heavy atom. The molecular weight excluding hydrogens is 184 g/mol.